The topological polar surface area (TPSA) is 21.3 Å². The van der Waals surface area contributed by atoms with E-state index in [0.717, 1.165) is 19.5 Å². The molecule has 1 aliphatic heterocycles. The fourth-order valence-electron chi connectivity index (χ4n) is 0.953. The highest BCUT2D eigenvalue weighted by molar-refractivity contribution is 6.49. The fraction of sp³-hybridized carbons (Fsp3) is 0.667. The van der Waals surface area contributed by atoms with Crippen LogP contribution in [0.15, 0.2) is 12.7 Å². The second-order valence-corrected chi connectivity index (χ2v) is 2.20. The zero-order valence-corrected chi connectivity index (χ0v) is 5.60. The summed E-state index contributed by atoms with van der Waals surface area (Å²) in [5, 5.41) is 3.19. The monoisotopic (exact) mass is 125 g/mol. The Labute approximate surface area is 56.4 Å². The Bertz CT molecular complexity index is 91.1. The maximum atomic E-state index is 5.30. The molecule has 2 nitrogen and oxygen atoms in total. The standard InChI is InChI=1S/C6H12BNO/c1-2-5-8-7-4-3-6-9-7/h2,8H,1,3-6H2. The number of nitrogens with one attached hydrogen (secondary N) is 1. The maximum absolute atomic E-state index is 5.30. The molecule has 0 aliphatic carbocycles. The SMILES string of the molecule is C=CCNB1CCCO1. The van der Waals surface area contributed by atoms with E-state index in [2.05, 4.69) is 11.8 Å². The lowest BCUT2D eigenvalue weighted by molar-refractivity contribution is 0.353. The summed E-state index contributed by atoms with van der Waals surface area (Å²) in [5.41, 5.74) is 0. The van der Waals surface area contributed by atoms with Crippen molar-refractivity contribution in [3.8, 4) is 0 Å². The molecule has 0 aromatic rings. The van der Waals surface area contributed by atoms with E-state index in [1.807, 2.05) is 6.08 Å². The van der Waals surface area contributed by atoms with Gasteiger partial charge in [0.2, 0.25) is 0 Å². The minimum Gasteiger partial charge on any atom is -0.421 e. The van der Waals surface area contributed by atoms with E-state index in [1.54, 1.807) is 0 Å². The van der Waals surface area contributed by atoms with Crippen LogP contribution in [0.2, 0.25) is 6.32 Å². The van der Waals surface area contributed by atoms with E-state index in [1.165, 1.54) is 6.42 Å². The Morgan fingerprint density at radius 3 is 3.22 bits per heavy atom. The van der Waals surface area contributed by atoms with Crippen molar-refractivity contribution in [1.29, 1.82) is 0 Å². The third-order valence-electron chi connectivity index (χ3n) is 1.42. The lowest BCUT2D eigenvalue weighted by Crippen LogP contribution is -2.32. The van der Waals surface area contributed by atoms with Gasteiger partial charge in [-0.25, -0.2) is 0 Å². The Kier molecular flexibility index (Phi) is 2.81. The summed E-state index contributed by atoms with van der Waals surface area (Å²) in [5.74, 6) is 0. The molecule has 1 N–H and O–H groups in total. The van der Waals surface area contributed by atoms with Gasteiger partial charge in [-0.3, -0.25) is 0 Å². The largest absolute Gasteiger partial charge is 0.421 e. The first-order chi connectivity index (χ1) is 4.43. The average Bonchev–Trinajstić information content (AvgIpc) is 2.34. The average molecular weight is 125 g/mol. The van der Waals surface area contributed by atoms with E-state index < -0.39 is 0 Å². The van der Waals surface area contributed by atoms with Gasteiger partial charge in [-0.05, 0) is 12.7 Å². The molecule has 0 aromatic carbocycles. The van der Waals surface area contributed by atoms with Gasteiger partial charge in [-0.2, -0.15) is 0 Å². The van der Waals surface area contributed by atoms with Gasteiger partial charge in [0.1, 0.15) is 0 Å². The number of rotatable bonds is 3. The fourth-order valence-corrected chi connectivity index (χ4v) is 0.953. The van der Waals surface area contributed by atoms with Crippen LogP contribution >= 0.6 is 0 Å². The molecule has 1 heterocycles. The van der Waals surface area contributed by atoms with Gasteiger partial charge in [0.25, 0.3) is 0 Å². The molecule has 0 spiro atoms. The first-order valence-electron chi connectivity index (χ1n) is 3.39. The molecule has 0 radical (unpaired) electrons. The zero-order chi connectivity index (χ0) is 6.53. The molecule has 3 heteroatoms. The van der Waals surface area contributed by atoms with Crippen LogP contribution in [0, 0.1) is 0 Å². The molecule has 0 unspecified atom stereocenters. The first-order valence-corrected chi connectivity index (χ1v) is 3.39. The second kappa shape index (κ2) is 3.69. The zero-order valence-electron chi connectivity index (χ0n) is 5.60. The molecule has 0 atom stereocenters. The van der Waals surface area contributed by atoms with Crippen LogP contribution in [0.1, 0.15) is 6.42 Å². The van der Waals surface area contributed by atoms with Crippen LogP contribution in [0.3, 0.4) is 0 Å². The summed E-state index contributed by atoms with van der Waals surface area (Å²) in [6.45, 7) is 5.37. The molecule has 0 saturated carbocycles. The van der Waals surface area contributed by atoms with Crippen LogP contribution in [-0.4, -0.2) is 20.2 Å². The summed E-state index contributed by atoms with van der Waals surface area (Å²) in [7, 11) is 0.294. The molecule has 1 aliphatic rings. The summed E-state index contributed by atoms with van der Waals surface area (Å²) < 4.78 is 5.30. The molecule has 1 saturated heterocycles. The van der Waals surface area contributed by atoms with Crippen molar-refractivity contribution in [2.24, 2.45) is 0 Å². The highest BCUT2D eigenvalue weighted by Gasteiger charge is 2.19. The predicted octanol–water partition coefficient (Wildman–Crippen LogP) is 0.670. The molecular formula is C6H12BNO. The molecule has 0 amide bonds. The van der Waals surface area contributed by atoms with Gasteiger partial charge in [-0.15, -0.1) is 6.58 Å². The maximum Gasteiger partial charge on any atom is 0.379 e. The van der Waals surface area contributed by atoms with Crippen LogP contribution < -0.4 is 5.23 Å². The number of hydrogen-bond acceptors (Lipinski definition) is 2. The Morgan fingerprint density at radius 2 is 2.67 bits per heavy atom. The molecule has 1 rings (SSSR count). The van der Waals surface area contributed by atoms with E-state index in [9.17, 15) is 0 Å². The van der Waals surface area contributed by atoms with E-state index in [4.69, 9.17) is 4.65 Å². The first kappa shape index (κ1) is 6.84. The van der Waals surface area contributed by atoms with Crippen molar-refractivity contribution in [3.05, 3.63) is 12.7 Å². The van der Waals surface area contributed by atoms with Crippen molar-refractivity contribution < 1.29 is 4.65 Å². The summed E-state index contributed by atoms with van der Waals surface area (Å²) in [4.78, 5) is 0. The minimum absolute atomic E-state index is 0.294. The molecule has 50 valence electrons. The van der Waals surface area contributed by atoms with Gasteiger partial charge in [-0.1, -0.05) is 6.08 Å². The Balaban J connectivity index is 2.04. The smallest absolute Gasteiger partial charge is 0.379 e. The van der Waals surface area contributed by atoms with Crippen molar-refractivity contribution in [2.45, 2.75) is 12.7 Å². The van der Waals surface area contributed by atoms with E-state index in [0.29, 0.717) is 7.05 Å². The van der Waals surface area contributed by atoms with Crippen molar-refractivity contribution in [2.75, 3.05) is 13.2 Å². The molecular weight excluding hydrogens is 113 g/mol. The van der Waals surface area contributed by atoms with E-state index >= 15 is 0 Å². The van der Waals surface area contributed by atoms with Crippen LogP contribution in [-0.2, 0) is 4.65 Å². The molecule has 0 aromatic heterocycles. The van der Waals surface area contributed by atoms with Crippen LogP contribution in [0.5, 0.6) is 0 Å². The van der Waals surface area contributed by atoms with Crippen LogP contribution in [0.25, 0.3) is 0 Å². The lowest BCUT2D eigenvalue weighted by Gasteiger charge is -2.02. The van der Waals surface area contributed by atoms with Gasteiger partial charge in [0, 0.05) is 13.2 Å². The van der Waals surface area contributed by atoms with Gasteiger partial charge < -0.3 is 9.88 Å². The normalized spacial score (nSPS) is 18.4. The third-order valence-corrected chi connectivity index (χ3v) is 1.42. The van der Waals surface area contributed by atoms with Crippen molar-refractivity contribution in [1.82, 2.24) is 5.23 Å². The Morgan fingerprint density at radius 1 is 1.78 bits per heavy atom. The molecule has 0 bridgehead atoms. The van der Waals surface area contributed by atoms with Gasteiger partial charge >= 0.3 is 7.05 Å². The molecule has 1 fully saturated rings. The summed E-state index contributed by atoms with van der Waals surface area (Å²) in [6, 6.07) is 0. The Hall–Kier alpha value is -0.275. The van der Waals surface area contributed by atoms with Gasteiger partial charge in [0.15, 0.2) is 0 Å². The molecule has 9 heavy (non-hydrogen) atoms. The summed E-state index contributed by atoms with van der Waals surface area (Å²) in [6.07, 6.45) is 4.18. The van der Waals surface area contributed by atoms with Crippen LogP contribution in [0.4, 0.5) is 0 Å². The highest BCUT2D eigenvalue weighted by Crippen LogP contribution is 2.05. The summed E-state index contributed by atoms with van der Waals surface area (Å²) >= 11 is 0. The predicted molar refractivity (Wildman–Crippen MR) is 39.3 cm³/mol. The third kappa shape index (κ3) is 2.20. The van der Waals surface area contributed by atoms with Gasteiger partial charge in [0.05, 0.1) is 0 Å². The van der Waals surface area contributed by atoms with Crippen molar-refractivity contribution >= 4 is 7.05 Å². The van der Waals surface area contributed by atoms with Crippen molar-refractivity contribution in [3.63, 3.8) is 0 Å². The quantitative estimate of drug-likeness (QED) is 0.442. The lowest BCUT2D eigenvalue weighted by atomic mass is 9.80. The second-order valence-electron chi connectivity index (χ2n) is 2.20. The number of hydrogen-bond donors (Lipinski definition) is 1. The van der Waals surface area contributed by atoms with E-state index in [-0.39, 0.29) is 0 Å². The highest BCUT2D eigenvalue weighted by atomic mass is 16.4. The minimum atomic E-state index is 0.294.